The number of rotatable bonds is 1. The number of carbonyl (C=O) groups excluding carboxylic acids is 1. The third kappa shape index (κ3) is 2.68. The van der Waals surface area contributed by atoms with Crippen LogP contribution < -0.4 is 0 Å². The Morgan fingerprint density at radius 2 is 1.89 bits per heavy atom. The van der Waals surface area contributed by atoms with Crippen LogP contribution in [0.1, 0.15) is 26.7 Å². The van der Waals surface area contributed by atoms with Crippen molar-refractivity contribution in [3.63, 3.8) is 0 Å². The number of likely N-dealkylation sites (tertiary alicyclic amines) is 1. The fourth-order valence-corrected chi connectivity index (χ4v) is 2.84. The van der Waals surface area contributed by atoms with Gasteiger partial charge in [-0.15, -0.1) is 0 Å². The van der Waals surface area contributed by atoms with Crippen molar-refractivity contribution in [3.05, 3.63) is 0 Å². The smallest absolute Gasteiger partial charge is 0.326 e. The van der Waals surface area contributed by atoms with E-state index in [9.17, 15) is 9.59 Å². The van der Waals surface area contributed by atoms with Gasteiger partial charge in [-0.3, -0.25) is 4.90 Å². The van der Waals surface area contributed by atoms with Gasteiger partial charge in [0.25, 0.3) is 0 Å². The number of carboxylic acids is 1. The van der Waals surface area contributed by atoms with Crippen molar-refractivity contribution < 1.29 is 14.7 Å². The minimum Gasteiger partial charge on any atom is -0.480 e. The minimum atomic E-state index is -0.890. The average Bonchev–Trinajstić information content (AvgIpc) is 2.80. The average molecular weight is 269 g/mol. The number of nitrogens with zero attached hydrogens (tertiary/aromatic N) is 3. The Labute approximate surface area is 114 Å². The van der Waals surface area contributed by atoms with E-state index in [2.05, 4.69) is 25.8 Å². The zero-order valence-corrected chi connectivity index (χ0v) is 11.9. The molecule has 2 aliphatic heterocycles. The number of aliphatic carboxylic acids is 1. The van der Waals surface area contributed by atoms with E-state index in [0.29, 0.717) is 26.1 Å². The van der Waals surface area contributed by atoms with Crippen molar-refractivity contribution in [2.75, 3.05) is 33.2 Å². The summed E-state index contributed by atoms with van der Waals surface area (Å²) in [5.41, 5.74) is -0.0631. The van der Waals surface area contributed by atoms with E-state index in [1.807, 2.05) is 0 Å². The maximum atomic E-state index is 12.5. The van der Waals surface area contributed by atoms with Crippen molar-refractivity contribution in [1.29, 1.82) is 0 Å². The molecule has 6 nitrogen and oxygen atoms in total. The molecule has 0 aromatic carbocycles. The first-order valence-electron chi connectivity index (χ1n) is 6.82. The molecule has 2 aliphatic rings. The van der Waals surface area contributed by atoms with Gasteiger partial charge in [0.2, 0.25) is 0 Å². The highest BCUT2D eigenvalue weighted by Gasteiger charge is 2.40. The molecule has 6 heteroatoms. The lowest BCUT2D eigenvalue weighted by atomic mass is 10.00. The van der Waals surface area contributed by atoms with Crippen LogP contribution in [0.4, 0.5) is 4.79 Å². The van der Waals surface area contributed by atoms with Crippen molar-refractivity contribution in [1.82, 2.24) is 14.7 Å². The van der Waals surface area contributed by atoms with E-state index in [-0.39, 0.29) is 11.6 Å². The molecule has 0 aromatic heterocycles. The second-order valence-electron chi connectivity index (χ2n) is 6.13. The van der Waals surface area contributed by atoms with Crippen LogP contribution in [0.25, 0.3) is 0 Å². The number of urea groups is 1. The summed E-state index contributed by atoms with van der Waals surface area (Å²) < 4.78 is 0. The highest BCUT2D eigenvalue weighted by atomic mass is 16.4. The molecule has 2 saturated heterocycles. The summed E-state index contributed by atoms with van der Waals surface area (Å²) in [5, 5.41) is 9.16. The lowest BCUT2D eigenvalue weighted by Gasteiger charge is -2.46. The van der Waals surface area contributed by atoms with Crippen LogP contribution in [0.3, 0.4) is 0 Å². The summed E-state index contributed by atoms with van der Waals surface area (Å²) in [7, 11) is 2.05. The van der Waals surface area contributed by atoms with Gasteiger partial charge in [0.05, 0.1) is 0 Å². The van der Waals surface area contributed by atoms with Gasteiger partial charge < -0.3 is 14.9 Å². The van der Waals surface area contributed by atoms with Crippen molar-refractivity contribution in [3.8, 4) is 0 Å². The van der Waals surface area contributed by atoms with Crippen molar-refractivity contribution >= 4 is 12.0 Å². The molecule has 1 N–H and O–H groups in total. The van der Waals surface area contributed by atoms with Crippen LogP contribution in [0, 0.1) is 0 Å². The third-order valence-corrected chi connectivity index (χ3v) is 4.37. The van der Waals surface area contributed by atoms with Crippen LogP contribution in [0.15, 0.2) is 0 Å². The van der Waals surface area contributed by atoms with E-state index in [1.165, 1.54) is 4.90 Å². The largest absolute Gasteiger partial charge is 0.480 e. The van der Waals surface area contributed by atoms with Gasteiger partial charge in [0, 0.05) is 31.7 Å². The van der Waals surface area contributed by atoms with E-state index >= 15 is 0 Å². The van der Waals surface area contributed by atoms with Crippen molar-refractivity contribution in [2.24, 2.45) is 0 Å². The molecule has 0 radical (unpaired) electrons. The normalized spacial score (nSPS) is 27.6. The number of carbonyl (C=O) groups is 2. The molecular weight excluding hydrogens is 246 g/mol. The molecular formula is C13H23N3O3. The summed E-state index contributed by atoms with van der Waals surface area (Å²) in [6, 6.07) is -0.763. The molecule has 108 valence electrons. The molecule has 1 atom stereocenters. The van der Waals surface area contributed by atoms with E-state index in [4.69, 9.17) is 5.11 Å². The van der Waals surface area contributed by atoms with Gasteiger partial charge in [-0.05, 0) is 33.7 Å². The Balaban J connectivity index is 2.06. The summed E-state index contributed by atoms with van der Waals surface area (Å²) >= 11 is 0. The van der Waals surface area contributed by atoms with Gasteiger partial charge >= 0.3 is 12.0 Å². The quantitative estimate of drug-likeness (QED) is 0.760. The van der Waals surface area contributed by atoms with Gasteiger partial charge in [-0.2, -0.15) is 0 Å². The molecule has 0 saturated carbocycles. The van der Waals surface area contributed by atoms with Crippen molar-refractivity contribution in [2.45, 2.75) is 38.3 Å². The molecule has 2 heterocycles. The predicted molar refractivity (Wildman–Crippen MR) is 71.0 cm³/mol. The highest BCUT2D eigenvalue weighted by molar-refractivity contribution is 5.83. The number of likely N-dealkylation sites (N-methyl/N-ethyl adjacent to an activating group) is 1. The van der Waals surface area contributed by atoms with Gasteiger partial charge in [0.1, 0.15) is 6.04 Å². The maximum Gasteiger partial charge on any atom is 0.326 e. The zero-order chi connectivity index (χ0) is 14.2. The Bertz CT molecular complexity index is 383. The fraction of sp³-hybridized carbons (Fsp3) is 0.846. The summed E-state index contributed by atoms with van der Waals surface area (Å²) in [5.74, 6) is -0.890. The van der Waals surface area contributed by atoms with Gasteiger partial charge in [-0.1, -0.05) is 0 Å². The third-order valence-electron chi connectivity index (χ3n) is 4.37. The SMILES string of the molecule is CN1CCN(C(=O)N2CCCC2C(=O)O)CC1(C)C. The Morgan fingerprint density at radius 1 is 1.21 bits per heavy atom. The van der Waals surface area contributed by atoms with E-state index in [0.717, 1.165) is 13.0 Å². The summed E-state index contributed by atoms with van der Waals surface area (Å²) in [4.78, 5) is 29.2. The summed E-state index contributed by atoms with van der Waals surface area (Å²) in [6.07, 6.45) is 1.35. The summed E-state index contributed by atoms with van der Waals surface area (Å²) in [6.45, 7) is 6.90. The van der Waals surface area contributed by atoms with E-state index in [1.54, 1.807) is 4.90 Å². The Hall–Kier alpha value is -1.30. The molecule has 2 fully saturated rings. The maximum absolute atomic E-state index is 12.5. The van der Waals surface area contributed by atoms with Crippen LogP contribution in [0.2, 0.25) is 0 Å². The molecule has 2 rings (SSSR count). The Morgan fingerprint density at radius 3 is 2.47 bits per heavy atom. The fourth-order valence-electron chi connectivity index (χ4n) is 2.84. The van der Waals surface area contributed by atoms with Crippen LogP contribution in [0.5, 0.6) is 0 Å². The minimum absolute atomic E-state index is 0.0631. The first-order valence-corrected chi connectivity index (χ1v) is 6.82. The molecule has 0 spiro atoms. The van der Waals surface area contributed by atoms with Gasteiger partial charge in [-0.25, -0.2) is 9.59 Å². The number of piperazine rings is 1. The number of amides is 2. The molecule has 1 unspecified atom stereocenters. The number of carboxylic acid groups (broad SMARTS) is 1. The zero-order valence-electron chi connectivity index (χ0n) is 11.9. The second kappa shape index (κ2) is 5.00. The van der Waals surface area contributed by atoms with Gasteiger partial charge in [0.15, 0.2) is 0 Å². The van der Waals surface area contributed by atoms with E-state index < -0.39 is 12.0 Å². The number of hydrogen-bond acceptors (Lipinski definition) is 3. The molecule has 0 aromatic rings. The monoisotopic (exact) mass is 269 g/mol. The van der Waals surface area contributed by atoms with Crippen LogP contribution in [-0.2, 0) is 4.79 Å². The topological polar surface area (TPSA) is 64.1 Å². The van der Waals surface area contributed by atoms with Crippen LogP contribution >= 0.6 is 0 Å². The second-order valence-corrected chi connectivity index (χ2v) is 6.13. The molecule has 0 bridgehead atoms. The standard InChI is InChI=1S/C13H23N3O3/c1-13(2)9-15(8-7-14(13)3)12(19)16-6-4-5-10(16)11(17)18/h10H,4-9H2,1-3H3,(H,17,18). The lowest BCUT2D eigenvalue weighted by Crippen LogP contribution is -2.61. The molecule has 2 amide bonds. The Kier molecular flexibility index (Phi) is 3.71. The molecule has 0 aliphatic carbocycles. The highest BCUT2D eigenvalue weighted by Crippen LogP contribution is 2.23. The predicted octanol–water partition coefficient (Wildman–Crippen LogP) is 0.681. The first kappa shape index (κ1) is 14.1. The lowest BCUT2D eigenvalue weighted by molar-refractivity contribution is -0.141. The number of hydrogen-bond donors (Lipinski definition) is 1. The first-order chi connectivity index (χ1) is 8.83. The molecule has 19 heavy (non-hydrogen) atoms. The van der Waals surface area contributed by atoms with Crippen LogP contribution in [-0.4, -0.2) is 76.6 Å².